The summed E-state index contributed by atoms with van der Waals surface area (Å²) in [5, 5.41) is 8.72. The van der Waals surface area contributed by atoms with E-state index in [9.17, 15) is 18.0 Å². The topological polar surface area (TPSA) is 55.8 Å². The SMILES string of the molecule is O=C(O)COc1ccc(SCC=C(c2ccccc2)c2ccc(OC(F)(F)F)cc2)c(Br)c1. The fourth-order valence-corrected chi connectivity index (χ4v) is 4.40. The molecule has 0 aliphatic heterocycles. The summed E-state index contributed by atoms with van der Waals surface area (Å²) >= 11 is 5.01. The van der Waals surface area contributed by atoms with Crippen molar-refractivity contribution in [2.24, 2.45) is 0 Å². The zero-order chi connectivity index (χ0) is 23.8. The largest absolute Gasteiger partial charge is 0.573 e. The third-order valence-electron chi connectivity index (χ3n) is 4.28. The van der Waals surface area contributed by atoms with Gasteiger partial charge in [-0.15, -0.1) is 24.9 Å². The molecule has 9 heteroatoms. The Morgan fingerprint density at radius 1 is 0.970 bits per heavy atom. The number of alkyl halides is 3. The number of thioether (sulfide) groups is 1. The van der Waals surface area contributed by atoms with Crippen LogP contribution in [-0.2, 0) is 4.79 Å². The highest BCUT2D eigenvalue weighted by Gasteiger charge is 2.31. The lowest BCUT2D eigenvalue weighted by Gasteiger charge is -2.12. The first-order valence-electron chi connectivity index (χ1n) is 9.60. The Balaban J connectivity index is 1.77. The number of aliphatic carboxylic acids is 1. The molecule has 0 radical (unpaired) electrons. The summed E-state index contributed by atoms with van der Waals surface area (Å²) in [6.45, 7) is -0.422. The first-order chi connectivity index (χ1) is 15.7. The smallest absolute Gasteiger partial charge is 0.482 e. The van der Waals surface area contributed by atoms with E-state index in [1.807, 2.05) is 42.5 Å². The van der Waals surface area contributed by atoms with Crippen LogP contribution in [0.5, 0.6) is 11.5 Å². The van der Waals surface area contributed by atoms with Crippen LogP contribution < -0.4 is 9.47 Å². The molecule has 3 aromatic carbocycles. The molecule has 3 aromatic rings. The Morgan fingerprint density at radius 3 is 2.21 bits per heavy atom. The Bertz CT molecular complexity index is 1120. The lowest BCUT2D eigenvalue weighted by molar-refractivity contribution is -0.274. The summed E-state index contributed by atoms with van der Waals surface area (Å²) in [7, 11) is 0. The van der Waals surface area contributed by atoms with E-state index in [1.165, 1.54) is 12.1 Å². The van der Waals surface area contributed by atoms with Gasteiger partial charge in [-0.25, -0.2) is 4.79 Å². The molecule has 0 spiro atoms. The second kappa shape index (κ2) is 11.3. The van der Waals surface area contributed by atoms with E-state index in [0.29, 0.717) is 11.5 Å². The minimum absolute atomic E-state index is 0.276. The average molecular weight is 539 g/mol. The van der Waals surface area contributed by atoms with Crippen LogP contribution in [0.15, 0.2) is 88.2 Å². The van der Waals surface area contributed by atoms with E-state index in [1.54, 1.807) is 36.0 Å². The number of carboxylic acids is 1. The summed E-state index contributed by atoms with van der Waals surface area (Å²) in [6.07, 6.45) is -2.74. The number of hydrogen-bond acceptors (Lipinski definition) is 4. The zero-order valence-corrected chi connectivity index (χ0v) is 19.4. The van der Waals surface area contributed by atoms with Crippen molar-refractivity contribution < 1.29 is 32.5 Å². The Morgan fingerprint density at radius 2 is 1.61 bits per heavy atom. The number of halogens is 4. The quantitative estimate of drug-likeness (QED) is 0.296. The van der Waals surface area contributed by atoms with Gasteiger partial charge < -0.3 is 14.6 Å². The van der Waals surface area contributed by atoms with E-state index in [4.69, 9.17) is 9.84 Å². The standard InChI is InChI=1S/C24H18BrF3O4S/c25-21-14-19(31-15-23(29)30)10-11-22(21)33-13-12-20(16-4-2-1-3-5-16)17-6-8-18(9-7-17)32-24(26,27)28/h1-12,14H,13,15H2,(H,29,30). The lowest BCUT2D eigenvalue weighted by Crippen LogP contribution is -2.17. The number of carboxylic acid groups (broad SMARTS) is 1. The molecule has 0 atom stereocenters. The van der Waals surface area contributed by atoms with Crippen molar-refractivity contribution in [3.63, 3.8) is 0 Å². The van der Waals surface area contributed by atoms with E-state index < -0.39 is 18.9 Å². The summed E-state index contributed by atoms with van der Waals surface area (Å²) in [5.41, 5.74) is 2.56. The number of carbonyl (C=O) groups is 1. The molecule has 0 aliphatic carbocycles. The van der Waals surface area contributed by atoms with Crippen molar-refractivity contribution in [3.8, 4) is 11.5 Å². The molecule has 0 fully saturated rings. The molecule has 0 aromatic heterocycles. The molecular weight excluding hydrogens is 521 g/mol. The second-order valence-corrected chi connectivity index (χ2v) is 8.56. The molecule has 172 valence electrons. The molecule has 0 aliphatic rings. The summed E-state index contributed by atoms with van der Waals surface area (Å²) < 4.78 is 47.3. The molecular formula is C24H18BrF3O4S. The van der Waals surface area contributed by atoms with Crippen LogP contribution in [0.2, 0.25) is 0 Å². The van der Waals surface area contributed by atoms with Gasteiger partial charge in [-0.2, -0.15) is 0 Å². The van der Waals surface area contributed by atoms with Crippen molar-refractivity contribution in [2.75, 3.05) is 12.4 Å². The molecule has 0 unspecified atom stereocenters. The molecule has 4 nitrogen and oxygen atoms in total. The maximum Gasteiger partial charge on any atom is 0.573 e. The maximum atomic E-state index is 12.5. The predicted molar refractivity (Wildman–Crippen MR) is 125 cm³/mol. The van der Waals surface area contributed by atoms with Gasteiger partial charge in [0, 0.05) is 15.1 Å². The minimum Gasteiger partial charge on any atom is -0.482 e. The van der Waals surface area contributed by atoms with Crippen LogP contribution in [0.1, 0.15) is 11.1 Å². The van der Waals surface area contributed by atoms with Crippen molar-refractivity contribution in [1.82, 2.24) is 0 Å². The molecule has 0 heterocycles. The first kappa shape index (κ1) is 24.7. The summed E-state index contributed by atoms with van der Waals surface area (Å²) in [4.78, 5) is 11.6. The Hall–Kier alpha value is -2.91. The van der Waals surface area contributed by atoms with Crippen molar-refractivity contribution in [3.05, 3.63) is 94.5 Å². The fraction of sp³-hybridized carbons (Fsp3) is 0.125. The van der Waals surface area contributed by atoms with Gasteiger partial charge in [0.2, 0.25) is 0 Å². The van der Waals surface area contributed by atoms with E-state index in [-0.39, 0.29) is 5.75 Å². The zero-order valence-electron chi connectivity index (χ0n) is 17.0. The highest BCUT2D eigenvalue weighted by molar-refractivity contribution is 9.10. The van der Waals surface area contributed by atoms with Gasteiger partial charge in [-0.05, 0) is 63.0 Å². The molecule has 0 amide bonds. The van der Waals surface area contributed by atoms with Gasteiger partial charge in [-0.3, -0.25) is 0 Å². The highest BCUT2D eigenvalue weighted by Crippen LogP contribution is 2.33. The van der Waals surface area contributed by atoms with Crippen molar-refractivity contribution in [1.29, 1.82) is 0 Å². The van der Waals surface area contributed by atoms with Crippen LogP contribution in [0.4, 0.5) is 13.2 Å². The van der Waals surface area contributed by atoms with E-state index in [2.05, 4.69) is 20.7 Å². The van der Waals surface area contributed by atoms with Gasteiger partial charge >= 0.3 is 12.3 Å². The van der Waals surface area contributed by atoms with Crippen LogP contribution >= 0.6 is 27.7 Å². The van der Waals surface area contributed by atoms with Crippen molar-refractivity contribution >= 4 is 39.2 Å². The molecule has 0 saturated carbocycles. The predicted octanol–water partition coefficient (Wildman–Crippen LogP) is 7.04. The molecule has 33 heavy (non-hydrogen) atoms. The molecule has 1 N–H and O–H groups in total. The molecule has 3 rings (SSSR count). The monoisotopic (exact) mass is 538 g/mol. The third-order valence-corrected chi connectivity index (χ3v) is 6.19. The maximum absolute atomic E-state index is 12.5. The summed E-state index contributed by atoms with van der Waals surface area (Å²) in [5.74, 6) is -0.308. The van der Waals surface area contributed by atoms with Gasteiger partial charge in [0.15, 0.2) is 6.61 Å². The van der Waals surface area contributed by atoms with Gasteiger partial charge in [0.05, 0.1) is 0 Å². The van der Waals surface area contributed by atoms with Gasteiger partial charge in [-0.1, -0.05) is 48.5 Å². The second-order valence-electron chi connectivity index (χ2n) is 6.64. The van der Waals surface area contributed by atoms with Gasteiger partial charge in [0.1, 0.15) is 11.5 Å². The Kier molecular flexibility index (Phi) is 8.46. The van der Waals surface area contributed by atoms with Crippen LogP contribution in [0, 0.1) is 0 Å². The third kappa shape index (κ3) is 7.87. The molecule has 0 bridgehead atoms. The minimum atomic E-state index is -4.74. The van der Waals surface area contributed by atoms with E-state index >= 15 is 0 Å². The number of benzene rings is 3. The molecule has 0 saturated heterocycles. The van der Waals surface area contributed by atoms with Crippen LogP contribution in [0.3, 0.4) is 0 Å². The van der Waals surface area contributed by atoms with Gasteiger partial charge in [0.25, 0.3) is 0 Å². The van der Waals surface area contributed by atoms with E-state index in [0.717, 1.165) is 26.1 Å². The van der Waals surface area contributed by atoms with Crippen LogP contribution in [-0.4, -0.2) is 29.8 Å². The Labute approximate surface area is 201 Å². The normalized spacial score (nSPS) is 11.8. The first-order valence-corrected chi connectivity index (χ1v) is 11.4. The van der Waals surface area contributed by atoms with Crippen LogP contribution in [0.25, 0.3) is 5.57 Å². The fourth-order valence-electron chi connectivity index (χ4n) is 2.90. The number of hydrogen-bond donors (Lipinski definition) is 1. The van der Waals surface area contributed by atoms with Crippen molar-refractivity contribution in [2.45, 2.75) is 11.3 Å². The average Bonchev–Trinajstić information content (AvgIpc) is 2.77. The number of rotatable bonds is 9. The number of ether oxygens (including phenoxy) is 2. The summed E-state index contributed by atoms with van der Waals surface area (Å²) in [6, 6.07) is 20.5. The lowest BCUT2D eigenvalue weighted by atomic mass is 9.98. The highest BCUT2D eigenvalue weighted by atomic mass is 79.9.